The minimum atomic E-state index is -4.95. The van der Waals surface area contributed by atoms with Gasteiger partial charge in [0, 0.05) is 17.3 Å². The lowest BCUT2D eigenvalue weighted by Crippen LogP contribution is -2.17. The normalized spacial score (nSPS) is 11.2. The van der Waals surface area contributed by atoms with Crippen LogP contribution in [0.5, 0.6) is 0 Å². The van der Waals surface area contributed by atoms with E-state index in [1.807, 2.05) is 0 Å². The Kier molecular flexibility index (Phi) is 5.05. The van der Waals surface area contributed by atoms with Gasteiger partial charge in [-0.3, -0.25) is 9.59 Å². The number of carbonyl (C=O) groups is 3. The van der Waals surface area contributed by atoms with Crippen molar-refractivity contribution >= 4 is 18.0 Å². The lowest BCUT2D eigenvalue weighted by atomic mass is 10.1. The first-order chi connectivity index (χ1) is 11.7. The van der Waals surface area contributed by atoms with Gasteiger partial charge in [-0.25, -0.2) is 9.18 Å². The van der Waals surface area contributed by atoms with Crippen molar-refractivity contribution in [2.45, 2.75) is 12.7 Å². The number of aldehydes is 1. The number of ketones is 1. The standard InChI is InChI=1S/C16H11F4NO4/c1-25-15(24)13-4-9(8-22)6-21(13)7-14(23)10-2-3-12(17)11(5-10)16(18,19)20/h2-6,8H,7H2,1H3. The maximum absolute atomic E-state index is 13.3. The summed E-state index contributed by atoms with van der Waals surface area (Å²) in [5.41, 5.74) is -1.97. The first kappa shape index (κ1) is 18.4. The summed E-state index contributed by atoms with van der Waals surface area (Å²) in [6.07, 6.45) is -3.33. The molecule has 0 bridgehead atoms. The van der Waals surface area contributed by atoms with Gasteiger partial charge in [0.05, 0.1) is 19.2 Å². The molecule has 1 heterocycles. The molecule has 0 amide bonds. The van der Waals surface area contributed by atoms with Gasteiger partial charge in [-0.15, -0.1) is 0 Å². The van der Waals surface area contributed by atoms with Crippen LogP contribution in [0.4, 0.5) is 17.6 Å². The van der Waals surface area contributed by atoms with E-state index in [0.717, 1.165) is 17.7 Å². The van der Waals surface area contributed by atoms with Crippen molar-refractivity contribution in [1.82, 2.24) is 4.57 Å². The number of halogens is 4. The van der Waals surface area contributed by atoms with Gasteiger partial charge < -0.3 is 9.30 Å². The molecule has 2 aromatic rings. The lowest BCUT2D eigenvalue weighted by molar-refractivity contribution is -0.140. The topological polar surface area (TPSA) is 65.4 Å². The van der Waals surface area contributed by atoms with Crippen molar-refractivity contribution in [1.29, 1.82) is 0 Å². The van der Waals surface area contributed by atoms with Crippen LogP contribution in [0.3, 0.4) is 0 Å². The van der Waals surface area contributed by atoms with E-state index in [9.17, 15) is 31.9 Å². The second-order valence-corrected chi connectivity index (χ2v) is 5.01. The van der Waals surface area contributed by atoms with Crippen molar-refractivity contribution in [2.24, 2.45) is 0 Å². The lowest BCUT2D eigenvalue weighted by Gasteiger charge is -2.11. The molecule has 1 aromatic carbocycles. The van der Waals surface area contributed by atoms with Gasteiger partial charge in [-0.05, 0) is 24.3 Å². The Balaban J connectivity index is 2.36. The number of aromatic nitrogens is 1. The maximum Gasteiger partial charge on any atom is 0.419 e. The Bertz CT molecular complexity index is 839. The molecule has 0 fully saturated rings. The Morgan fingerprint density at radius 2 is 1.92 bits per heavy atom. The van der Waals surface area contributed by atoms with Crippen LogP contribution >= 0.6 is 0 Å². The molecule has 0 saturated heterocycles. The van der Waals surface area contributed by atoms with E-state index in [0.29, 0.717) is 18.4 Å². The summed E-state index contributed by atoms with van der Waals surface area (Å²) in [6.45, 7) is -0.527. The number of hydrogen-bond donors (Lipinski definition) is 0. The zero-order valence-corrected chi connectivity index (χ0v) is 12.8. The molecular weight excluding hydrogens is 346 g/mol. The van der Waals surface area contributed by atoms with Crippen LogP contribution in [0, 0.1) is 5.82 Å². The minimum Gasteiger partial charge on any atom is -0.464 e. The van der Waals surface area contributed by atoms with Crippen LogP contribution in [-0.2, 0) is 17.5 Å². The van der Waals surface area contributed by atoms with Crippen molar-refractivity contribution in [3.8, 4) is 0 Å². The highest BCUT2D eigenvalue weighted by molar-refractivity contribution is 5.97. The van der Waals surface area contributed by atoms with Crippen LogP contribution < -0.4 is 0 Å². The quantitative estimate of drug-likeness (QED) is 0.357. The molecule has 25 heavy (non-hydrogen) atoms. The van der Waals surface area contributed by atoms with E-state index in [2.05, 4.69) is 4.74 Å². The van der Waals surface area contributed by atoms with Crippen molar-refractivity contribution in [2.75, 3.05) is 7.11 Å². The Labute approximate surface area is 138 Å². The summed E-state index contributed by atoms with van der Waals surface area (Å²) in [4.78, 5) is 34.7. The molecule has 2 rings (SSSR count). The van der Waals surface area contributed by atoms with Crippen LogP contribution in [0.1, 0.15) is 36.8 Å². The number of nitrogens with zero attached hydrogens (tertiary/aromatic N) is 1. The van der Waals surface area contributed by atoms with Crippen molar-refractivity contribution in [3.05, 3.63) is 58.7 Å². The number of alkyl halides is 3. The highest BCUT2D eigenvalue weighted by atomic mass is 19.4. The van der Waals surface area contributed by atoms with Crippen LogP contribution in [0.15, 0.2) is 30.5 Å². The number of esters is 1. The molecule has 0 spiro atoms. The van der Waals surface area contributed by atoms with Crippen LogP contribution in [-0.4, -0.2) is 29.7 Å². The predicted molar refractivity (Wildman–Crippen MR) is 76.9 cm³/mol. The smallest absolute Gasteiger partial charge is 0.419 e. The van der Waals surface area contributed by atoms with Gasteiger partial charge in [-0.2, -0.15) is 13.2 Å². The average molecular weight is 357 g/mol. The second kappa shape index (κ2) is 6.88. The Morgan fingerprint density at radius 1 is 1.24 bits per heavy atom. The van der Waals surface area contributed by atoms with E-state index >= 15 is 0 Å². The third-order valence-electron chi connectivity index (χ3n) is 3.36. The molecule has 9 heteroatoms. The van der Waals surface area contributed by atoms with Gasteiger partial charge in [0.1, 0.15) is 11.5 Å². The van der Waals surface area contributed by atoms with Gasteiger partial charge in [-0.1, -0.05) is 0 Å². The SMILES string of the molecule is COC(=O)c1cc(C=O)cn1CC(=O)c1ccc(F)c(C(F)(F)F)c1. The van der Waals surface area contributed by atoms with Crippen molar-refractivity contribution < 1.29 is 36.7 Å². The predicted octanol–water partition coefficient (Wildman–Crippen LogP) is 3.13. The number of methoxy groups -OCH3 is 1. The number of rotatable bonds is 5. The van der Waals surface area contributed by atoms with E-state index in [4.69, 9.17) is 0 Å². The second-order valence-electron chi connectivity index (χ2n) is 5.01. The maximum atomic E-state index is 13.3. The first-order valence-electron chi connectivity index (χ1n) is 6.81. The largest absolute Gasteiger partial charge is 0.464 e. The average Bonchev–Trinajstić information content (AvgIpc) is 2.96. The fourth-order valence-corrected chi connectivity index (χ4v) is 2.17. The number of carbonyl (C=O) groups excluding carboxylic acids is 3. The van der Waals surface area contributed by atoms with E-state index < -0.39 is 35.9 Å². The Hall–Kier alpha value is -2.97. The molecule has 0 saturated carbocycles. The summed E-state index contributed by atoms with van der Waals surface area (Å²) < 4.78 is 57.1. The third-order valence-corrected chi connectivity index (χ3v) is 3.36. The first-order valence-corrected chi connectivity index (χ1v) is 6.81. The van der Waals surface area contributed by atoms with E-state index in [1.54, 1.807) is 0 Å². The summed E-state index contributed by atoms with van der Waals surface area (Å²) in [5.74, 6) is -3.12. The number of hydrogen-bond acceptors (Lipinski definition) is 4. The monoisotopic (exact) mass is 357 g/mol. The van der Waals surface area contributed by atoms with Gasteiger partial charge in [0.25, 0.3) is 0 Å². The molecule has 0 radical (unpaired) electrons. The molecule has 0 aliphatic carbocycles. The van der Waals surface area contributed by atoms with Gasteiger partial charge in [0.15, 0.2) is 12.1 Å². The zero-order chi connectivity index (χ0) is 18.8. The molecule has 5 nitrogen and oxygen atoms in total. The fraction of sp³-hybridized carbons (Fsp3) is 0.188. The minimum absolute atomic E-state index is 0.0864. The molecular formula is C16H11F4NO4. The van der Waals surface area contributed by atoms with Crippen LogP contribution in [0.25, 0.3) is 0 Å². The summed E-state index contributed by atoms with van der Waals surface area (Å²) >= 11 is 0. The summed E-state index contributed by atoms with van der Waals surface area (Å²) in [6, 6.07) is 3.04. The van der Waals surface area contributed by atoms with Gasteiger partial charge in [0.2, 0.25) is 0 Å². The number of benzene rings is 1. The van der Waals surface area contributed by atoms with Crippen LogP contribution in [0.2, 0.25) is 0 Å². The molecule has 0 atom stereocenters. The highest BCUT2D eigenvalue weighted by Crippen LogP contribution is 2.32. The fourth-order valence-electron chi connectivity index (χ4n) is 2.17. The molecule has 1 aromatic heterocycles. The zero-order valence-electron chi connectivity index (χ0n) is 12.8. The van der Waals surface area contributed by atoms with Gasteiger partial charge >= 0.3 is 12.1 Å². The molecule has 0 aliphatic rings. The molecule has 0 unspecified atom stereocenters. The molecule has 0 N–H and O–H groups in total. The highest BCUT2D eigenvalue weighted by Gasteiger charge is 2.34. The third kappa shape index (κ3) is 3.93. The van der Waals surface area contributed by atoms with E-state index in [1.165, 1.54) is 12.3 Å². The molecule has 0 aliphatic heterocycles. The molecule has 132 valence electrons. The van der Waals surface area contributed by atoms with Crippen molar-refractivity contribution in [3.63, 3.8) is 0 Å². The number of ether oxygens (including phenoxy) is 1. The van der Waals surface area contributed by atoms with E-state index in [-0.39, 0.29) is 16.8 Å². The Morgan fingerprint density at radius 3 is 2.48 bits per heavy atom. The number of Topliss-reactive ketones (excluding diaryl/α,β-unsaturated/α-hetero) is 1. The summed E-state index contributed by atoms with van der Waals surface area (Å²) in [5, 5.41) is 0. The summed E-state index contributed by atoms with van der Waals surface area (Å²) in [7, 11) is 1.09.